The fourth-order valence-corrected chi connectivity index (χ4v) is 3.47. The number of alkyl halides is 3. The number of halogens is 3. The predicted molar refractivity (Wildman–Crippen MR) is 107 cm³/mol. The summed E-state index contributed by atoms with van der Waals surface area (Å²) in [6, 6.07) is 12.1. The monoisotopic (exact) mass is 401 g/mol. The molecule has 3 rings (SSSR count). The number of para-hydroxylation sites is 1. The van der Waals surface area contributed by atoms with Crippen LogP contribution in [-0.4, -0.2) is 19.6 Å². The number of methoxy groups -OCH3 is 1. The van der Waals surface area contributed by atoms with Gasteiger partial charge in [0.25, 0.3) is 5.91 Å². The van der Waals surface area contributed by atoms with Crippen LogP contribution in [0.1, 0.15) is 27.9 Å². The van der Waals surface area contributed by atoms with E-state index in [4.69, 9.17) is 4.74 Å². The van der Waals surface area contributed by atoms with Crippen molar-refractivity contribution >= 4 is 11.6 Å². The highest BCUT2D eigenvalue weighted by molar-refractivity contribution is 6.09. The standard InChI is InChI=1S/C23H22F3NO2/c1-16-8-3-6-13-21(16)27(18-10-7-9-17(14-18)15-29-2)22(28)19-11-4-5-12-20(19)23(24,25)26/h3-13,17H,14-15H2,1-2H3. The minimum atomic E-state index is -4.62. The lowest BCUT2D eigenvalue weighted by Crippen LogP contribution is -2.34. The normalized spacial score (nSPS) is 16.4. The first kappa shape index (κ1) is 20.9. The van der Waals surface area contributed by atoms with E-state index in [9.17, 15) is 18.0 Å². The van der Waals surface area contributed by atoms with E-state index in [2.05, 4.69) is 0 Å². The molecular formula is C23H22F3NO2. The molecule has 0 fully saturated rings. The van der Waals surface area contributed by atoms with Gasteiger partial charge in [-0.2, -0.15) is 13.2 Å². The van der Waals surface area contributed by atoms with Crippen molar-refractivity contribution in [3.63, 3.8) is 0 Å². The number of nitrogens with zero attached hydrogens (tertiary/aromatic N) is 1. The number of carbonyl (C=O) groups excluding carboxylic acids is 1. The van der Waals surface area contributed by atoms with Crippen LogP contribution in [0.15, 0.2) is 72.5 Å². The first-order chi connectivity index (χ1) is 13.8. The predicted octanol–water partition coefficient (Wildman–Crippen LogP) is 5.77. The largest absolute Gasteiger partial charge is 0.417 e. The summed E-state index contributed by atoms with van der Waals surface area (Å²) in [5, 5.41) is 0. The van der Waals surface area contributed by atoms with Gasteiger partial charge in [0.05, 0.1) is 23.4 Å². The number of amides is 1. The Labute approximate surface area is 168 Å². The van der Waals surface area contributed by atoms with Crippen molar-refractivity contribution < 1.29 is 22.7 Å². The molecule has 1 amide bonds. The summed E-state index contributed by atoms with van der Waals surface area (Å²) < 4.78 is 45.9. The van der Waals surface area contributed by atoms with Gasteiger partial charge in [0.15, 0.2) is 0 Å². The zero-order valence-electron chi connectivity index (χ0n) is 16.2. The molecular weight excluding hydrogens is 379 g/mol. The Morgan fingerprint density at radius 2 is 1.83 bits per heavy atom. The minimum absolute atomic E-state index is 0.0391. The summed E-state index contributed by atoms with van der Waals surface area (Å²) in [4.78, 5) is 14.9. The second-order valence-electron chi connectivity index (χ2n) is 6.93. The van der Waals surface area contributed by atoms with E-state index >= 15 is 0 Å². The Bertz CT molecular complexity index is 947. The van der Waals surface area contributed by atoms with Crippen molar-refractivity contribution in [3.8, 4) is 0 Å². The minimum Gasteiger partial charge on any atom is -0.384 e. The highest BCUT2D eigenvalue weighted by Gasteiger charge is 2.37. The molecule has 1 aliphatic carbocycles. The number of ether oxygens (including phenoxy) is 1. The summed E-state index contributed by atoms with van der Waals surface area (Å²) in [7, 11) is 1.59. The molecule has 2 aromatic carbocycles. The number of aryl methyl sites for hydroxylation is 1. The molecule has 1 aliphatic rings. The molecule has 6 heteroatoms. The summed E-state index contributed by atoms with van der Waals surface area (Å²) in [5.74, 6) is -0.665. The van der Waals surface area contributed by atoms with Gasteiger partial charge in [0.2, 0.25) is 0 Å². The van der Waals surface area contributed by atoms with E-state index in [0.29, 0.717) is 24.4 Å². The highest BCUT2D eigenvalue weighted by atomic mass is 19.4. The van der Waals surface area contributed by atoms with Crippen molar-refractivity contribution in [1.29, 1.82) is 0 Å². The summed E-state index contributed by atoms with van der Waals surface area (Å²) >= 11 is 0. The van der Waals surface area contributed by atoms with E-state index < -0.39 is 17.6 Å². The first-order valence-electron chi connectivity index (χ1n) is 9.25. The molecule has 0 heterocycles. The van der Waals surface area contributed by atoms with E-state index in [0.717, 1.165) is 11.6 Å². The van der Waals surface area contributed by atoms with Gasteiger partial charge < -0.3 is 4.74 Å². The van der Waals surface area contributed by atoms with Gasteiger partial charge >= 0.3 is 6.18 Å². The zero-order valence-corrected chi connectivity index (χ0v) is 16.2. The molecule has 152 valence electrons. The van der Waals surface area contributed by atoms with E-state index in [1.54, 1.807) is 25.3 Å². The van der Waals surface area contributed by atoms with Crippen LogP contribution in [0.5, 0.6) is 0 Å². The quantitative estimate of drug-likeness (QED) is 0.637. The molecule has 2 aromatic rings. The Hall–Kier alpha value is -2.86. The molecule has 0 saturated heterocycles. The van der Waals surface area contributed by atoms with E-state index in [-0.39, 0.29) is 11.5 Å². The third-order valence-corrected chi connectivity index (χ3v) is 4.83. The molecule has 0 N–H and O–H groups in total. The Balaban J connectivity index is 2.11. The van der Waals surface area contributed by atoms with Crippen LogP contribution in [0.25, 0.3) is 0 Å². The van der Waals surface area contributed by atoms with Crippen LogP contribution >= 0.6 is 0 Å². The summed E-state index contributed by atoms with van der Waals surface area (Å²) in [5.41, 5.74) is 0.674. The number of anilines is 1. The van der Waals surface area contributed by atoms with Gasteiger partial charge in [0, 0.05) is 18.7 Å². The zero-order chi connectivity index (χ0) is 21.0. The fraction of sp³-hybridized carbons (Fsp3) is 0.261. The van der Waals surface area contributed by atoms with Gasteiger partial charge in [-0.1, -0.05) is 42.5 Å². The average molecular weight is 401 g/mol. The smallest absolute Gasteiger partial charge is 0.384 e. The number of hydrogen-bond acceptors (Lipinski definition) is 2. The van der Waals surface area contributed by atoms with Crippen LogP contribution < -0.4 is 4.90 Å². The molecule has 0 aliphatic heterocycles. The van der Waals surface area contributed by atoms with E-state index in [1.807, 2.05) is 31.2 Å². The summed E-state index contributed by atoms with van der Waals surface area (Å²) in [6.45, 7) is 2.29. The van der Waals surface area contributed by atoms with Crippen molar-refractivity contribution in [1.82, 2.24) is 0 Å². The third-order valence-electron chi connectivity index (χ3n) is 4.83. The maximum atomic E-state index is 13.5. The van der Waals surface area contributed by atoms with Crippen molar-refractivity contribution in [2.45, 2.75) is 19.5 Å². The number of benzene rings is 2. The lowest BCUT2D eigenvalue weighted by Gasteiger charge is -2.31. The molecule has 1 unspecified atom stereocenters. The number of hydrogen-bond donors (Lipinski definition) is 0. The van der Waals surface area contributed by atoms with Crippen LogP contribution in [0, 0.1) is 12.8 Å². The third kappa shape index (κ3) is 4.59. The topological polar surface area (TPSA) is 29.5 Å². The fourth-order valence-electron chi connectivity index (χ4n) is 3.47. The molecule has 0 aromatic heterocycles. The van der Waals surface area contributed by atoms with E-state index in [1.165, 1.54) is 23.1 Å². The molecule has 1 atom stereocenters. The van der Waals surface area contributed by atoms with Crippen LogP contribution in [0.2, 0.25) is 0 Å². The SMILES string of the molecule is COCC1C=CC=C(N(C(=O)c2ccccc2C(F)(F)F)c2ccccc2C)C1. The summed E-state index contributed by atoms with van der Waals surface area (Å²) in [6.07, 6.45) is 1.42. The van der Waals surface area contributed by atoms with Crippen LogP contribution in [0.4, 0.5) is 18.9 Å². The number of rotatable bonds is 5. The van der Waals surface area contributed by atoms with Gasteiger partial charge in [-0.3, -0.25) is 9.69 Å². The van der Waals surface area contributed by atoms with Crippen molar-refractivity contribution in [2.75, 3.05) is 18.6 Å². The Morgan fingerprint density at radius 1 is 1.14 bits per heavy atom. The van der Waals surface area contributed by atoms with Gasteiger partial charge in [-0.25, -0.2) is 0 Å². The molecule has 29 heavy (non-hydrogen) atoms. The van der Waals surface area contributed by atoms with Crippen LogP contribution in [-0.2, 0) is 10.9 Å². The maximum absolute atomic E-state index is 13.5. The van der Waals surface area contributed by atoms with Crippen molar-refractivity contribution in [3.05, 3.63) is 89.1 Å². The van der Waals surface area contributed by atoms with Gasteiger partial charge in [0.1, 0.15) is 0 Å². The highest BCUT2D eigenvalue weighted by Crippen LogP contribution is 2.36. The second kappa shape index (κ2) is 8.66. The first-order valence-corrected chi connectivity index (χ1v) is 9.25. The Kier molecular flexibility index (Phi) is 6.23. The lowest BCUT2D eigenvalue weighted by atomic mass is 9.96. The van der Waals surface area contributed by atoms with Crippen LogP contribution in [0.3, 0.4) is 0 Å². The number of allylic oxidation sites excluding steroid dienone is 3. The second-order valence-corrected chi connectivity index (χ2v) is 6.93. The molecule has 0 bridgehead atoms. The average Bonchev–Trinajstić information content (AvgIpc) is 2.69. The number of carbonyl (C=O) groups is 1. The molecule has 0 radical (unpaired) electrons. The lowest BCUT2D eigenvalue weighted by molar-refractivity contribution is -0.137. The van der Waals surface area contributed by atoms with Crippen molar-refractivity contribution in [2.24, 2.45) is 5.92 Å². The molecule has 0 saturated carbocycles. The molecule has 0 spiro atoms. The Morgan fingerprint density at radius 3 is 2.52 bits per heavy atom. The molecule has 3 nitrogen and oxygen atoms in total. The maximum Gasteiger partial charge on any atom is 0.417 e. The van der Waals surface area contributed by atoms with Gasteiger partial charge in [-0.15, -0.1) is 0 Å². The van der Waals surface area contributed by atoms with Gasteiger partial charge in [-0.05, 0) is 43.2 Å².